The van der Waals surface area contributed by atoms with E-state index < -0.39 is 43.2 Å². The molecule has 0 radical (unpaired) electrons. The van der Waals surface area contributed by atoms with Crippen molar-refractivity contribution in [3.8, 4) is 0 Å². The quantitative estimate of drug-likeness (QED) is 0.279. The topological polar surface area (TPSA) is 131 Å². The number of hydrazine groups is 1. The first-order valence-electron chi connectivity index (χ1n) is 4.80. The van der Waals surface area contributed by atoms with E-state index in [2.05, 4.69) is 10.9 Å². The molecule has 94 valence electrons. The summed E-state index contributed by atoms with van der Waals surface area (Å²) in [5.74, 6) is -0.406. The molecule has 0 aromatic rings. The van der Waals surface area contributed by atoms with Crippen molar-refractivity contribution in [1.29, 1.82) is 0 Å². The van der Waals surface area contributed by atoms with Gasteiger partial charge in [-0.25, -0.2) is 5.43 Å². The highest BCUT2D eigenvalue weighted by molar-refractivity contribution is 5.72. The Kier molecular flexibility index (Phi) is 4.59. The predicted octanol–water partition coefficient (Wildman–Crippen LogP) is -3.57. The van der Waals surface area contributed by atoms with E-state index in [-0.39, 0.29) is 0 Å². The lowest BCUT2D eigenvalue weighted by atomic mass is 9.99. The maximum Gasteiger partial charge on any atom is 0.231 e. The Morgan fingerprint density at radius 2 is 1.88 bits per heavy atom. The molecular formula is C8H16N2O6. The summed E-state index contributed by atoms with van der Waals surface area (Å²) in [6.07, 6.45) is -6.37. The molecular weight excluding hydrogens is 220 g/mol. The molecule has 1 aliphatic rings. The van der Waals surface area contributed by atoms with Gasteiger partial charge in [0.05, 0.1) is 6.61 Å². The number of hydrogen-bond donors (Lipinski definition) is 6. The SMILES string of the molecule is CC(=O)NN[C@@H]1O[C@H](CO)[C@@H](O)[C@H](O)[C@H]1O. The number of nitrogens with one attached hydrogen (secondary N) is 2. The van der Waals surface area contributed by atoms with E-state index in [1.165, 1.54) is 6.92 Å². The zero-order chi connectivity index (χ0) is 12.3. The molecule has 0 aromatic carbocycles. The number of hydrogen-bond acceptors (Lipinski definition) is 7. The Morgan fingerprint density at radius 3 is 2.38 bits per heavy atom. The first-order valence-corrected chi connectivity index (χ1v) is 4.80. The number of rotatable bonds is 3. The van der Waals surface area contributed by atoms with Crippen LogP contribution in [0, 0.1) is 0 Å². The van der Waals surface area contributed by atoms with Crippen LogP contribution in [0.2, 0.25) is 0 Å². The van der Waals surface area contributed by atoms with Crippen LogP contribution in [-0.2, 0) is 9.53 Å². The van der Waals surface area contributed by atoms with E-state index >= 15 is 0 Å². The maximum absolute atomic E-state index is 10.6. The molecule has 5 atom stereocenters. The van der Waals surface area contributed by atoms with Gasteiger partial charge in [-0.15, -0.1) is 0 Å². The minimum Gasteiger partial charge on any atom is -0.394 e. The Hall–Kier alpha value is -0.770. The van der Waals surface area contributed by atoms with Gasteiger partial charge in [-0.2, -0.15) is 0 Å². The molecule has 0 aliphatic carbocycles. The van der Waals surface area contributed by atoms with Gasteiger partial charge in [-0.1, -0.05) is 0 Å². The number of amides is 1. The van der Waals surface area contributed by atoms with Crippen molar-refractivity contribution in [3.05, 3.63) is 0 Å². The first-order chi connectivity index (χ1) is 7.47. The van der Waals surface area contributed by atoms with Gasteiger partial charge in [0.1, 0.15) is 24.4 Å². The Bertz CT molecular complexity index is 249. The van der Waals surface area contributed by atoms with Crippen molar-refractivity contribution in [2.75, 3.05) is 6.61 Å². The molecule has 1 aliphatic heterocycles. The molecule has 0 bridgehead atoms. The van der Waals surface area contributed by atoms with Gasteiger partial charge in [0.25, 0.3) is 0 Å². The lowest BCUT2D eigenvalue weighted by Gasteiger charge is -2.40. The lowest BCUT2D eigenvalue weighted by Crippen LogP contribution is -2.64. The third-order valence-corrected chi connectivity index (χ3v) is 2.28. The summed E-state index contributed by atoms with van der Waals surface area (Å²) in [6.45, 7) is 0.736. The summed E-state index contributed by atoms with van der Waals surface area (Å²) in [6, 6.07) is 0. The summed E-state index contributed by atoms with van der Waals surface area (Å²) < 4.78 is 5.05. The van der Waals surface area contributed by atoms with Crippen molar-refractivity contribution >= 4 is 5.91 Å². The third kappa shape index (κ3) is 2.88. The van der Waals surface area contributed by atoms with Crippen molar-refractivity contribution < 1.29 is 30.0 Å². The van der Waals surface area contributed by atoms with Crippen LogP contribution in [0.25, 0.3) is 0 Å². The highest BCUT2D eigenvalue weighted by Crippen LogP contribution is 2.19. The molecule has 8 nitrogen and oxygen atoms in total. The predicted molar refractivity (Wildman–Crippen MR) is 50.7 cm³/mol. The van der Waals surface area contributed by atoms with Gasteiger partial charge in [0.15, 0.2) is 6.23 Å². The van der Waals surface area contributed by atoms with Crippen LogP contribution in [0.1, 0.15) is 6.92 Å². The highest BCUT2D eigenvalue weighted by Gasteiger charge is 2.43. The van der Waals surface area contributed by atoms with Crippen LogP contribution < -0.4 is 10.9 Å². The van der Waals surface area contributed by atoms with Crippen LogP contribution in [0.4, 0.5) is 0 Å². The van der Waals surface area contributed by atoms with Gasteiger partial charge >= 0.3 is 0 Å². The molecule has 1 amide bonds. The Balaban J connectivity index is 2.60. The van der Waals surface area contributed by atoms with Crippen LogP contribution in [-0.4, -0.2) is 63.6 Å². The van der Waals surface area contributed by atoms with Gasteiger partial charge in [0.2, 0.25) is 5.91 Å². The second-order valence-electron chi connectivity index (χ2n) is 3.58. The fourth-order valence-electron chi connectivity index (χ4n) is 1.39. The molecule has 1 fully saturated rings. The zero-order valence-electron chi connectivity index (χ0n) is 8.70. The second kappa shape index (κ2) is 5.53. The Morgan fingerprint density at radius 1 is 1.25 bits per heavy atom. The van der Waals surface area contributed by atoms with Gasteiger partial charge in [-0.05, 0) is 0 Å². The number of carbonyl (C=O) groups is 1. The molecule has 1 heterocycles. The number of ether oxygens (including phenoxy) is 1. The van der Waals surface area contributed by atoms with Crippen LogP contribution in [0.15, 0.2) is 0 Å². The maximum atomic E-state index is 10.6. The largest absolute Gasteiger partial charge is 0.394 e. The Labute approximate surface area is 91.8 Å². The zero-order valence-corrected chi connectivity index (χ0v) is 8.70. The summed E-state index contributed by atoms with van der Waals surface area (Å²) in [7, 11) is 0. The number of aliphatic hydroxyl groups is 4. The second-order valence-corrected chi connectivity index (χ2v) is 3.58. The van der Waals surface area contributed by atoms with Crippen molar-refractivity contribution in [2.45, 2.75) is 37.6 Å². The molecule has 1 saturated heterocycles. The molecule has 0 aromatic heterocycles. The van der Waals surface area contributed by atoms with Crippen molar-refractivity contribution in [1.82, 2.24) is 10.9 Å². The third-order valence-electron chi connectivity index (χ3n) is 2.28. The van der Waals surface area contributed by atoms with Gasteiger partial charge in [0, 0.05) is 6.92 Å². The van der Waals surface area contributed by atoms with E-state index in [0.29, 0.717) is 0 Å². The van der Waals surface area contributed by atoms with E-state index in [1.54, 1.807) is 0 Å². The summed E-state index contributed by atoms with van der Waals surface area (Å²) >= 11 is 0. The average molecular weight is 236 g/mol. The standard InChI is InChI=1S/C8H16N2O6/c1-3(12)9-10-8-7(15)6(14)5(13)4(2-11)16-8/h4-8,10-11,13-15H,2H2,1H3,(H,9,12)/t4-,5-,6+,7-,8-/m1/s1. The molecule has 0 saturated carbocycles. The average Bonchev–Trinajstić information content (AvgIpc) is 2.25. The molecule has 6 N–H and O–H groups in total. The minimum absolute atomic E-state index is 0.406. The molecule has 1 rings (SSSR count). The fourth-order valence-corrected chi connectivity index (χ4v) is 1.39. The van der Waals surface area contributed by atoms with E-state index in [4.69, 9.17) is 9.84 Å². The molecule has 8 heteroatoms. The van der Waals surface area contributed by atoms with Crippen LogP contribution in [0.3, 0.4) is 0 Å². The summed E-state index contributed by atoms with van der Waals surface area (Å²) in [5, 5.41) is 37.2. The molecule has 16 heavy (non-hydrogen) atoms. The molecule has 0 spiro atoms. The smallest absolute Gasteiger partial charge is 0.231 e. The number of carbonyl (C=O) groups excluding carboxylic acids is 1. The van der Waals surface area contributed by atoms with Gasteiger partial charge in [-0.3, -0.25) is 10.2 Å². The highest BCUT2D eigenvalue weighted by atomic mass is 16.6. The van der Waals surface area contributed by atoms with E-state index in [1.807, 2.05) is 0 Å². The summed E-state index contributed by atoms with van der Waals surface area (Å²) in [5.41, 5.74) is 4.51. The lowest BCUT2D eigenvalue weighted by molar-refractivity contribution is -0.238. The van der Waals surface area contributed by atoms with Crippen LogP contribution >= 0.6 is 0 Å². The van der Waals surface area contributed by atoms with Crippen molar-refractivity contribution in [2.24, 2.45) is 0 Å². The summed E-state index contributed by atoms with van der Waals surface area (Å²) in [4.78, 5) is 10.6. The van der Waals surface area contributed by atoms with Crippen molar-refractivity contribution in [3.63, 3.8) is 0 Å². The first kappa shape index (κ1) is 13.3. The van der Waals surface area contributed by atoms with Crippen LogP contribution in [0.5, 0.6) is 0 Å². The van der Waals surface area contributed by atoms with Gasteiger partial charge < -0.3 is 25.2 Å². The van der Waals surface area contributed by atoms with E-state index in [0.717, 1.165) is 0 Å². The molecule has 0 unspecified atom stereocenters. The number of aliphatic hydroxyl groups excluding tert-OH is 4. The fraction of sp³-hybridized carbons (Fsp3) is 0.875. The minimum atomic E-state index is -1.46. The monoisotopic (exact) mass is 236 g/mol. The normalized spacial score (nSPS) is 39.4. The van der Waals surface area contributed by atoms with E-state index in [9.17, 15) is 20.1 Å².